The molecule has 0 aromatic heterocycles. The highest BCUT2D eigenvalue weighted by atomic mass is 16.6. The topological polar surface area (TPSA) is 67.4 Å². The number of para-hydroxylation sites is 2. The number of benzene rings is 2. The van der Waals surface area contributed by atoms with E-state index in [0.29, 0.717) is 19.7 Å². The van der Waals surface area contributed by atoms with Crippen molar-refractivity contribution < 1.29 is 14.2 Å². The van der Waals surface area contributed by atoms with Crippen LogP contribution in [0.2, 0.25) is 0 Å². The van der Waals surface area contributed by atoms with Gasteiger partial charge in [0.1, 0.15) is 12.7 Å². The Morgan fingerprint density at radius 2 is 1.74 bits per heavy atom. The number of nitrogens with zero attached hydrogens (tertiary/aromatic N) is 2. The summed E-state index contributed by atoms with van der Waals surface area (Å²) in [7, 11) is 0. The fourth-order valence-corrected chi connectivity index (χ4v) is 3.75. The van der Waals surface area contributed by atoms with Crippen molar-refractivity contribution in [2.24, 2.45) is 4.99 Å². The van der Waals surface area contributed by atoms with Gasteiger partial charge in [0.2, 0.25) is 0 Å². The van der Waals surface area contributed by atoms with E-state index in [9.17, 15) is 0 Å². The molecular formula is C24H32N4O3. The molecule has 0 aliphatic carbocycles. The molecule has 0 saturated carbocycles. The van der Waals surface area contributed by atoms with Crippen LogP contribution in [-0.4, -0.2) is 63.0 Å². The van der Waals surface area contributed by atoms with Gasteiger partial charge in [-0.05, 0) is 30.2 Å². The predicted molar refractivity (Wildman–Crippen MR) is 122 cm³/mol. The molecular weight excluding hydrogens is 392 g/mol. The van der Waals surface area contributed by atoms with Crippen LogP contribution >= 0.6 is 0 Å². The Kier molecular flexibility index (Phi) is 7.63. The number of fused-ring (bicyclic) bond motifs is 1. The maximum atomic E-state index is 6.04. The predicted octanol–water partition coefficient (Wildman–Crippen LogP) is 2.41. The summed E-state index contributed by atoms with van der Waals surface area (Å²) in [6.07, 6.45) is -0.0626. The number of aliphatic imine (C=N–C) groups is 1. The lowest BCUT2D eigenvalue weighted by Crippen LogP contribution is -2.45. The van der Waals surface area contributed by atoms with Crippen LogP contribution in [0.15, 0.2) is 53.5 Å². The average molecular weight is 425 g/mol. The van der Waals surface area contributed by atoms with Gasteiger partial charge in [0, 0.05) is 26.2 Å². The fourth-order valence-electron chi connectivity index (χ4n) is 3.75. The molecule has 31 heavy (non-hydrogen) atoms. The smallest absolute Gasteiger partial charge is 0.191 e. The van der Waals surface area contributed by atoms with Crippen molar-refractivity contribution in [2.45, 2.75) is 26.1 Å². The molecule has 0 radical (unpaired) electrons. The first-order valence-electron chi connectivity index (χ1n) is 11.1. The number of ether oxygens (including phenoxy) is 3. The van der Waals surface area contributed by atoms with Gasteiger partial charge in [-0.2, -0.15) is 0 Å². The zero-order valence-electron chi connectivity index (χ0n) is 18.2. The molecule has 7 heteroatoms. The molecule has 2 N–H and O–H groups in total. The third-order valence-corrected chi connectivity index (χ3v) is 5.43. The lowest BCUT2D eigenvalue weighted by Gasteiger charge is -2.27. The van der Waals surface area contributed by atoms with Gasteiger partial charge in [-0.3, -0.25) is 4.90 Å². The molecule has 2 heterocycles. The summed E-state index contributed by atoms with van der Waals surface area (Å²) in [5.41, 5.74) is 2.57. The maximum Gasteiger partial charge on any atom is 0.191 e. The van der Waals surface area contributed by atoms with Gasteiger partial charge in [-0.15, -0.1) is 0 Å². The number of nitrogens with one attached hydrogen (secondary N) is 2. The van der Waals surface area contributed by atoms with Gasteiger partial charge in [-0.1, -0.05) is 36.4 Å². The van der Waals surface area contributed by atoms with Gasteiger partial charge in [0.25, 0.3) is 0 Å². The summed E-state index contributed by atoms with van der Waals surface area (Å²) < 4.78 is 17.3. The van der Waals surface area contributed by atoms with Crippen LogP contribution in [0.3, 0.4) is 0 Å². The van der Waals surface area contributed by atoms with Gasteiger partial charge in [0.05, 0.1) is 26.3 Å². The molecule has 2 aliphatic heterocycles. The molecule has 0 spiro atoms. The van der Waals surface area contributed by atoms with E-state index >= 15 is 0 Å². The minimum atomic E-state index is -0.0626. The van der Waals surface area contributed by atoms with Crippen molar-refractivity contribution in [3.63, 3.8) is 0 Å². The molecule has 1 fully saturated rings. The standard InChI is InChI=1S/C24H32N4O3/c1-2-25-24(27-16-21-18-30-22-9-5-6-10-23(22)31-21)26-15-19-7-3-4-8-20(19)17-28-11-13-29-14-12-28/h3-10,21H,2,11-18H2,1H3,(H2,25,26,27). The van der Waals surface area contributed by atoms with Crippen molar-refractivity contribution in [3.05, 3.63) is 59.7 Å². The quantitative estimate of drug-likeness (QED) is 0.526. The molecule has 1 unspecified atom stereocenters. The van der Waals surface area contributed by atoms with E-state index < -0.39 is 0 Å². The lowest BCUT2D eigenvalue weighted by molar-refractivity contribution is 0.0341. The Morgan fingerprint density at radius 1 is 1.00 bits per heavy atom. The van der Waals surface area contributed by atoms with Crippen LogP contribution in [0.25, 0.3) is 0 Å². The first kappa shape index (κ1) is 21.5. The number of hydrogen-bond acceptors (Lipinski definition) is 5. The maximum absolute atomic E-state index is 6.04. The molecule has 2 aromatic carbocycles. The Labute approximate surface area is 184 Å². The zero-order valence-corrected chi connectivity index (χ0v) is 18.2. The summed E-state index contributed by atoms with van der Waals surface area (Å²) in [5.74, 6) is 2.38. The molecule has 166 valence electrons. The van der Waals surface area contributed by atoms with Crippen LogP contribution in [0, 0.1) is 0 Å². The monoisotopic (exact) mass is 424 g/mol. The number of rotatable bonds is 7. The first-order chi connectivity index (χ1) is 15.3. The molecule has 4 rings (SSSR count). The number of hydrogen-bond donors (Lipinski definition) is 2. The van der Waals surface area contributed by atoms with Crippen LogP contribution in [-0.2, 0) is 17.8 Å². The van der Waals surface area contributed by atoms with E-state index in [1.807, 2.05) is 24.3 Å². The van der Waals surface area contributed by atoms with Gasteiger partial charge in [-0.25, -0.2) is 4.99 Å². The number of guanidine groups is 1. The molecule has 7 nitrogen and oxygen atoms in total. The first-order valence-corrected chi connectivity index (χ1v) is 11.1. The summed E-state index contributed by atoms with van der Waals surface area (Å²) in [6, 6.07) is 16.3. The summed E-state index contributed by atoms with van der Waals surface area (Å²) >= 11 is 0. The minimum absolute atomic E-state index is 0.0626. The second kappa shape index (κ2) is 11.0. The molecule has 0 bridgehead atoms. The van der Waals surface area contributed by atoms with Gasteiger partial charge in [0.15, 0.2) is 17.5 Å². The van der Waals surface area contributed by atoms with Gasteiger partial charge < -0.3 is 24.8 Å². The highest BCUT2D eigenvalue weighted by Gasteiger charge is 2.20. The minimum Gasteiger partial charge on any atom is -0.486 e. The van der Waals surface area contributed by atoms with Crippen molar-refractivity contribution in [1.29, 1.82) is 0 Å². The van der Waals surface area contributed by atoms with Crippen molar-refractivity contribution >= 4 is 5.96 Å². The molecule has 0 amide bonds. The molecule has 1 saturated heterocycles. The lowest BCUT2D eigenvalue weighted by atomic mass is 10.1. The van der Waals surface area contributed by atoms with E-state index in [4.69, 9.17) is 19.2 Å². The van der Waals surface area contributed by atoms with Crippen molar-refractivity contribution in [1.82, 2.24) is 15.5 Å². The zero-order chi connectivity index (χ0) is 21.3. The summed E-state index contributed by atoms with van der Waals surface area (Å²) in [6.45, 7) is 9.15. The highest BCUT2D eigenvalue weighted by Crippen LogP contribution is 2.30. The van der Waals surface area contributed by atoms with E-state index in [0.717, 1.165) is 56.9 Å². The summed E-state index contributed by atoms with van der Waals surface area (Å²) in [4.78, 5) is 7.26. The molecule has 2 aliphatic rings. The molecule has 2 aromatic rings. The molecule has 1 atom stereocenters. The third kappa shape index (κ3) is 6.12. The summed E-state index contributed by atoms with van der Waals surface area (Å²) in [5, 5.41) is 6.73. The van der Waals surface area contributed by atoms with E-state index in [-0.39, 0.29) is 6.10 Å². The largest absolute Gasteiger partial charge is 0.486 e. The van der Waals surface area contributed by atoms with Crippen LogP contribution in [0.5, 0.6) is 11.5 Å². The average Bonchev–Trinajstić information content (AvgIpc) is 2.82. The number of morpholine rings is 1. The van der Waals surface area contributed by atoms with Gasteiger partial charge >= 0.3 is 0 Å². The van der Waals surface area contributed by atoms with Crippen LogP contribution < -0.4 is 20.1 Å². The SMILES string of the molecule is CCNC(=NCc1ccccc1CN1CCOCC1)NCC1COc2ccccc2O1. The third-order valence-electron chi connectivity index (χ3n) is 5.43. The highest BCUT2D eigenvalue weighted by molar-refractivity contribution is 5.79. The van der Waals surface area contributed by atoms with E-state index in [1.54, 1.807) is 0 Å². The Balaban J connectivity index is 1.35. The second-order valence-electron chi connectivity index (χ2n) is 7.73. The van der Waals surface area contributed by atoms with Crippen LogP contribution in [0.4, 0.5) is 0 Å². The van der Waals surface area contributed by atoms with Crippen molar-refractivity contribution in [3.8, 4) is 11.5 Å². The van der Waals surface area contributed by atoms with E-state index in [2.05, 4.69) is 46.7 Å². The Hall–Kier alpha value is -2.77. The van der Waals surface area contributed by atoms with Crippen molar-refractivity contribution in [2.75, 3.05) is 46.0 Å². The second-order valence-corrected chi connectivity index (χ2v) is 7.73. The fraction of sp³-hybridized carbons (Fsp3) is 0.458. The normalized spacial score (nSPS) is 19.1. The van der Waals surface area contributed by atoms with E-state index in [1.165, 1.54) is 11.1 Å². The Morgan fingerprint density at radius 3 is 2.55 bits per heavy atom. The van der Waals surface area contributed by atoms with Crippen LogP contribution in [0.1, 0.15) is 18.1 Å². The Bertz CT molecular complexity index is 867.